The highest BCUT2D eigenvalue weighted by Gasteiger charge is 2.41. The van der Waals surface area contributed by atoms with E-state index in [1.54, 1.807) is 11.3 Å². The zero-order chi connectivity index (χ0) is 23.5. The van der Waals surface area contributed by atoms with Crippen LogP contribution in [0.25, 0.3) is 0 Å². The summed E-state index contributed by atoms with van der Waals surface area (Å²) in [4.78, 5) is 1.10. The number of nitrogens with one attached hydrogen (secondary N) is 2. The van der Waals surface area contributed by atoms with E-state index in [0.29, 0.717) is 12.8 Å². The molecule has 0 atom stereocenters. The van der Waals surface area contributed by atoms with Gasteiger partial charge in [0.25, 0.3) is 10.2 Å². The Labute approximate surface area is 199 Å². The monoisotopic (exact) mass is 515 g/mol. The molecule has 33 heavy (non-hydrogen) atoms. The van der Waals surface area contributed by atoms with Crippen molar-refractivity contribution in [2.45, 2.75) is 61.3 Å². The summed E-state index contributed by atoms with van der Waals surface area (Å²) in [5, 5.41) is 1.95. The molecule has 0 unspecified atom stereocenters. The second-order valence-electron chi connectivity index (χ2n) is 8.89. The molecule has 1 aliphatic carbocycles. The van der Waals surface area contributed by atoms with Crippen molar-refractivity contribution >= 4 is 31.6 Å². The third-order valence-electron chi connectivity index (χ3n) is 6.70. The van der Waals surface area contributed by atoms with Crippen molar-refractivity contribution in [1.29, 1.82) is 0 Å². The molecule has 2 aromatic rings. The van der Waals surface area contributed by atoms with Gasteiger partial charge in [-0.25, -0.2) is 17.5 Å². The van der Waals surface area contributed by atoms with Gasteiger partial charge in [-0.2, -0.15) is 17.4 Å². The molecule has 1 aromatic carbocycles. The molecule has 2 aliphatic rings. The molecule has 0 bridgehead atoms. The summed E-state index contributed by atoms with van der Waals surface area (Å²) in [6, 6.07) is 8.71. The summed E-state index contributed by atoms with van der Waals surface area (Å²) in [6.07, 6.45) is 5.89. The quantitative estimate of drug-likeness (QED) is 0.564. The van der Waals surface area contributed by atoms with Gasteiger partial charge < -0.3 is 0 Å². The van der Waals surface area contributed by atoms with Gasteiger partial charge in [-0.15, -0.1) is 11.3 Å². The number of piperidine rings is 1. The van der Waals surface area contributed by atoms with Crippen molar-refractivity contribution in [3.63, 3.8) is 0 Å². The van der Waals surface area contributed by atoms with Crippen molar-refractivity contribution in [2.75, 3.05) is 19.6 Å². The van der Waals surface area contributed by atoms with Crippen molar-refractivity contribution in [2.24, 2.45) is 0 Å². The molecule has 2 heterocycles. The molecule has 4 rings (SSSR count). The number of rotatable bonds is 8. The Morgan fingerprint density at radius 3 is 2.27 bits per heavy atom. The highest BCUT2D eigenvalue weighted by Crippen LogP contribution is 2.39. The highest BCUT2D eigenvalue weighted by molar-refractivity contribution is 7.89. The Morgan fingerprint density at radius 2 is 1.67 bits per heavy atom. The Balaban J connectivity index is 1.46. The number of halogens is 1. The van der Waals surface area contributed by atoms with Crippen molar-refractivity contribution < 1.29 is 21.2 Å². The van der Waals surface area contributed by atoms with Gasteiger partial charge in [0.05, 0.1) is 4.90 Å². The van der Waals surface area contributed by atoms with E-state index in [1.807, 2.05) is 17.5 Å². The first-order valence-electron chi connectivity index (χ1n) is 11.3. The van der Waals surface area contributed by atoms with E-state index in [4.69, 9.17) is 0 Å². The highest BCUT2D eigenvalue weighted by atomic mass is 32.2. The Morgan fingerprint density at radius 1 is 1.00 bits per heavy atom. The maximum Gasteiger partial charge on any atom is 0.277 e. The van der Waals surface area contributed by atoms with E-state index in [0.717, 1.165) is 49.1 Å². The van der Waals surface area contributed by atoms with E-state index in [2.05, 4.69) is 9.44 Å². The maximum atomic E-state index is 13.2. The zero-order valence-electron chi connectivity index (χ0n) is 18.4. The molecule has 2 N–H and O–H groups in total. The van der Waals surface area contributed by atoms with Gasteiger partial charge in [-0.1, -0.05) is 25.3 Å². The standard InChI is InChI=1S/C22H30FN3O4S3/c23-18-8-10-20(11-9-18)32(27,28)26-14-12-22(13-15-26,21-7-4-16-31-21)17-24-33(29,30)25-19-5-2-1-3-6-19/h4,7-11,16,19,24-25H,1-3,5-6,12-15,17H2. The molecule has 182 valence electrons. The summed E-state index contributed by atoms with van der Waals surface area (Å²) in [7, 11) is -7.40. The van der Waals surface area contributed by atoms with Crippen molar-refractivity contribution in [3.05, 3.63) is 52.5 Å². The summed E-state index contributed by atoms with van der Waals surface area (Å²) in [6.45, 7) is 0.727. The van der Waals surface area contributed by atoms with Crippen LogP contribution >= 0.6 is 11.3 Å². The first-order valence-corrected chi connectivity index (χ1v) is 15.1. The molecule has 0 spiro atoms. The van der Waals surface area contributed by atoms with E-state index < -0.39 is 31.5 Å². The minimum absolute atomic E-state index is 0.0309. The van der Waals surface area contributed by atoms with E-state index >= 15 is 0 Å². The van der Waals surface area contributed by atoms with Crippen LogP contribution in [0.2, 0.25) is 0 Å². The molecule has 1 saturated carbocycles. The summed E-state index contributed by atoms with van der Waals surface area (Å²) in [5.41, 5.74) is -0.482. The lowest BCUT2D eigenvalue weighted by Gasteiger charge is -2.41. The molecule has 1 saturated heterocycles. The van der Waals surface area contributed by atoms with E-state index in [-0.39, 0.29) is 30.6 Å². The van der Waals surface area contributed by atoms with Crippen molar-refractivity contribution in [3.8, 4) is 0 Å². The third kappa shape index (κ3) is 5.83. The van der Waals surface area contributed by atoms with Gasteiger partial charge >= 0.3 is 0 Å². The Hall–Kier alpha value is -1.37. The Kier molecular flexibility index (Phi) is 7.56. The lowest BCUT2D eigenvalue weighted by atomic mass is 9.78. The maximum absolute atomic E-state index is 13.2. The van der Waals surface area contributed by atoms with Crippen LogP contribution in [-0.2, 0) is 25.6 Å². The minimum Gasteiger partial charge on any atom is -0.207 e. The van der Waals surface area contributed by atoms with Crippen LogP contribution in [0.3, 0.4) is 0 Å². The summed E-state index contributed by atoms with van der Waals surface area (Å²) in [5.74, 6) is -0.488. The molecule has 11 heteroatoms. The lowest BCUT2D eigenvalue weighted by Crippen LogP contribution is -2.52. The number of sulfonamides is 1. The largest absolute Gasteiger partial charge is 0.277 e. The van der Waals surface area contributed by atoms with Gasteiger partial charge in [-0.05, 0) is 61.4 Å². The van der Waals surface area contributed by atoms with E-state index in [1.165, 1.54) is 16.4 Å². The number of hydrogen-bond acceptors (Lipinski definition) is 5. The fourth-order valence-electron chi connectivity index (χ4n) is 4.72. The number of benzene rings is 1. The molecular formula is C22H30FN3O4S3. The fourth-order valence-corrected chi connectivity index (χ4v) is 8.37. The number of nitrogens with zero attached hydrogens (tertiary/aromatic N) is 1. The molecule has 2 fully saturated rings. The second kappa shape index (κ2) is 10.1. The first kappa shape index (κ1) is 24.7. The smallest absolute Gasteiger partial charge is 0.207 e. The average molecular weight is 516 g/mol. The molecule has 1 aromatic heterocycles. The van der Waals surface area contributed by atoms with Crippen LogP contribution < -0.4 is 9.44 Å². The number of thiophene rings is 1. The molecule has 1 aliphatic heterocycles. The van der Waals surface area contributed by atoms with Crippen molar-refractivity contribution in [1.82, 2.24) is 13.7 Å². The molecule has 0 radical (unpaired) electrons. The van der Waals surface area contributed by atoms with Gasteiger partial charge in [0.15, 0.2) is 0 Å². The van der Waals surface area contributed by atoms with E-state index in [9.17, 15) is 21.2 Å². The van der Waals surface area contributed by atoms with Crippen LogP contribution in [0.15, 0.2) is 46.7 Å². The summed E-state index contributed by atoms with van der Waals surface area (Å²) < 4.78 is 71.7. The topological polar surface area (TPSA) is 95.6 Å². The molecular weight excluding hydrogens is 485 g/mol. The predicted octanol–water partition coefficient (Wildman–Crippen LogP) is 3.37. The first-order chi connectivity index (χ1) is 15.7. The van der Waals surface area contributed by atoms with Gasteiger partial charge in [0.2, 0.25) is 10.0 Å². The van der Waals surface area contributed by atoms with Crippen LogP contribution in [0, 0.1) is 5.82 Å². The van der Waals surface area contributed by atoms with Crippen LogP contribution in [0.1, 0.15) is 49.8 Å². The van der Waals surface area contributed by atoms with Gasteiger partial charge in [-0.3, -0.25) is 0 Å². The molecule has 0 amide bonds. The SMILES string of the molecule is O=S(=O)(NCC1(c2cccs2)CCN(S(=O)(=O)c2ccc(F)cc2)CC1)NC1CCCCC1. The lowest BCUT2D eigenvalue weighted by molar-refractivity contribution is 0.236. The Bertz CT molecular complexity index is 1120. The average Bonchev–Trinajstić information content (AvgIpc) is 3.35. The van der Waals surface area contributed by atoms with Crippen LogP contribution in [0.5, 0.6) is 0 Å². The fraction of sp³-hybridized carbons (Fsp3) is 0.545. The minimum atomic E-state index is -3.74. The van der Waals surface area contributed by atoms with Crippen LogP contribution in [-0.4, -0.2) is 46.8 Å². The van der Waals surface area contributed by atoms with Crippen LogP contribution in [0.4, 0.5) is 4.39 Å². The van der Waals surface area contributed by atoms with Gasteiger partial charge in [0.1, 0.15) is 5.82 Å². The number of hydrogen-bond donors (Lipinski definition) is 2. The molecule has 7 nitrogen and oxygen atoms in total. The second-order valence-corrected chi connectivity index (χ2v) is 13.3. The summed E-state index contributed by atoms with van der Waals surface area (Å²) >= 11 is 1.56. The predicted molar refractivity (Wildman–Crippen MR) is 127 cm³/mol. The third-order valence-corrected chi connectivity index (χ3v) is 10.9. The van der Waals surface area contributed by atoms with Gasteiger partial charge in [0, 0.05) is 36.0 Å². The normalized spacial score (nSPS) is 20.6. The zero-order valence-corrected chi connectivity index (χ0v) is 20.8.